The maximum Gasteiger partial charge on any atom is 0.122 e. The molecule has 1 nitrogen and oxygen atoms in total. The lowest BCUT2D eigenvalue weighted by atomic mass is 9.91. The highest BCUT2D eigenvalue weighted by molar-refractivity contribution is 5.48. The summed E-state index contributed by atoms with van der Waals surface area (Å²) in [4.78, 5) is 0. The van der Waals surface area contributed by atoms with E-state index in [9.17, 15) is 5.11 Å². The molecule has 0 saturated carbocycles. The summed E-state index contributed by atoms with van der Waals surface area (Å²) in [5.74, 6) is 0.444. The maximum absolute atomic E-state index is 10.3. The summed E-state index contributed by atoms with van der Waals surface area (Å²) in [5, 5.41) is 10.3. The molecule has 0 bridgehead atoms. The second-order valence-electron chi connectivity index (χ2n) is 6.01. The van der Waals surface area contributed by atoms with Gasteiger partial charge in [-0.2, -0.15) is 0 Å². The zero-order valence-corrected chi connectivity index (χ0v) is 13.9. The van der Waals surface area contributed by atoms with Gasteiger partial charge in [0.1, 0.15) is 5.75 Å². The van der Waals surface area contributed by atoms with Crippen LogP contribution in [0.3, 0.4) is 0 Å². The lowest BCUT2D eigenvalue weighted by molar-refractivity contribution is 0.465. The molecule has 0 fully saturated rings. The van der Waals surface area contributed by atoms with Gasteiger partial charge in [-0.05, 0) is 67.0 Å². The molecule has 2 rings (SSSR count). The van der Waals surface area contributed by atoms with Crippen molar-refractivity contribution in [2.24, 2.45) is 0 Å². The summed E-state index contributed by atoms with van der Waals surface area (Å²) in [6.07, 6.45) is 2.92. The summed E-state index contributed by atoms with van der Waals surface area (Å²) >= 11 is 0. The highest BCUT2D eigenvalue weighted by Crippen LogP contribution is 2.28. The molecule has 0 saturated heterocycles. The Morgan fingerprint density at radius 2 is 1.48 bits per heavy atom. The van der Waals surface area contributed by atoms with Gasteiger partial charge in [0, 0.05) is 6.42 Å². The molecule has 1 heteroatoms. The first-order valence-electron chi connectivity index (χ1n) is 7.86. The summed E-state index contributed by atoms with van der Waals surface area (Å²) < 4.78 is 0. The molecule has 2 aromatic carbocycles. The van der Waals surface area contributed by atoms with Crippen LogP contribution in [0.25, 0.3) is 0 Å². The Bertz CT molecular complexity index is 653. The molecular formula is C20H26O. The fourth-order valence-electron chi connectivity index (χ4n) is 3.05. The molecule has 21 heavy (non-hydrogen) atoms. The molecule has 0 radical (unpaired) electrons. The molecule has 112 valence electrons. The van der Waals surface area contributed by atoms with E-state index in [1.165, 1.54) is 27.8 Å². The van der Waals surface area contributed by atoms with Crippen molar-refractivity contribution < 1.29 is 5.11 Å². The number of aryl methyl sites for hydroxylation is 4. The van der Waals surface area contributed by atoms with Crippen LogP contribution in [0.2, 0.25) is 0 Å². The number of phenolic OH excluding ortho intramolecular Hbond substituents is 1. The molecule has 2 aromatic rings. The topological polar surface area (TPSA) is 20.2 Å². The monoisotopic (exact) mass is 282 g/mol. The van der Waals surface area contributed by atoms with Crippen LogP contribution >= 0.6 is 0 Å². The average Bonchev–Trinajstić information content (AvgIpc) is 2.46. The molecule has 0 aliphatic heterocycles. The predicted molar refractivity (Wildman–Crippen MR) is 90.3 cm³/mol. The summed E-state index contributed by atoms with van der Waals surface area (Å²) in [7, 11) is 0. The van der Waals surface area contributed by atoms with Crippen molar-refractivity contribution >= 4 is 0 Å². The smallest absolute Gasteiger partial charge is 0.122 e. The van der Waals surface area contributed by atoms with Crippen LogP contribution < -0.4 is 0 Å². The minimum atomic E-state index is 0.444. The van der Waals surface area contributed by atoms with Crippen molar-refractivity contribution in [1.82, 2.24) is 0 Å². The van der Waals surface area contributed by atoms with Crippen LogP contribution in [0.5, 0.6) is 5.75 Å². The van der Waals surface area contributed by atoms with Crippen LogP contribution in [-0.4, -0.2) is 5.11 Å². The first-order chi connectivity index (χ1) is 9.96. The lowest BCUT2D eigenvalue weighted by Crippen LogP contribution is -2.00. The molecular weight excluding hydrogens is 256 g/mol. The van der Waals surface area contributed by atoms with Crippen LogP contribution in [0.15, 0.2) is 24.3 Å². The lowest BCUT2D eigenvalue weighted by Gasteiger charge is -2.15. The number of hydrogen-bond acceptors (Lipinski definition) is 1. The van der Waals surface area contributed by atoms with E-state index in [1.807, 2.05) is 13.0 Å². The van der Waals surface area contributed by atoms with Gasteiger partial charge in [0.2, 0.25) is 0 Å². The molecule has 0 atom stereocenters. The van der Waals surface area contributed by atoms with Gasteiger partial charge in [-0.1, -0.05) is 43.7 Å². The molecule has 0 amide bonds. The highest BCUT2D eigenvalue weighted by atomic mass is 16.3. The molecule has 0 aliphatic rings. The Morgan fingerprint density at radius 3 is 2.10 bits per heavy atom. The van der Waals surface area contributed by atoms with E-state index in [2.05, 4.69) is 45.9 Å². The van der Waals surface area contributed by atoms with Crippen molar-refractivity contribution in [2.45, 2.75) is 53.9 Å². The van der Waals surface area contributed by atoms with E-state index in [0.717, 1.165) is 30.4 Å². The number of aromatic hydroxyl groups is 1. The second kappa shape index (κ2) is 6.34. The van der Waals surface area contributed by atoms with E-state index < -0.39 is 0 Å². The third kappa shape index (κ3) is 3.29. The van der Waals surface area contributed by atoms with Gasteiger partial charge < -0.3 is 5.11 Å². The molecule has 0 heterocycles. The van der Waals surface area contributed by atoms with Gasteiger partial charge >= 0.3 is 0 Å². The molecule has 0 aliphatic carbocycles. The van der Waals surface area contributed by atoms with Crippen LogP contribution in [0.1, 0.15) is 52.8 Å². The third-order valence-electron chi connectivity index (χ3n) is 4.38. The quantitative estimate of drug-likeness (QED) is 0.833. The minimum absolute atomic E-state index is 0.444. The SMILES string of the molecule is CCc1cc(CC)c(C)c(Cc2cc(C)cc(C)c2O)c1. The Morgan fingerprint density at radius 1 is 0.810 bits per heavy atom. The standard InChI is InChI=1S/C20H26O/c1-6-16-10-17(7-2)15(5)18(11-16)12-19-9-13(3)8-14(4)20(19)21/h8-11,21H,6-7,12H2,1-5H3. The fraction of sp³-hybridized carbons (Fsp3) is 0.400. The average molecular weight is 282 g/mol. The van der Waals surface area contributed by atoms with Gasteiger partial charge in [-0.25, -0.2) is 0 Å². The van der Waals surface area contributed by atoms with Crippen molar-refractivity contribution in [3.8, 4) is 5.75 Å². The minimum Gasteiger partial charge on any atom is -0.507 e. The Hall–Kier alpha value is -1.76. The van der Waals surface area contributed by atoms with Crippen LogP contribution in [0.4, 0.5) is 0 Å². The Kier molecular flexibility index (Phi) is 4.72. The van der Waals surface area contributed by atoms with Gasteiger partial charge in [-0.15, -0.1) is 0 Å². The largest absolute Gasteiger partial charge is 0.507 e. The van der Waals surface area contributed by atoms with Gasteiger partial charge in [0.15, 0.2) is 0 Å². The second-order valence-corrected chi connectivity index (χ2v) is 6.01. The van der Waals surface area contributed by atoms with Crippen molar-refractivity contribution in [3.63, 3.8) is 0 Å². The number of rotatable bonds is 4. The molecule has 1 N–H and O–H groups in total. The van der Waals surface area contributed by atoms with Gasteiger partial charge in [0.05, 0.1) is 0 Å². The third-order valence-corrected chi connectivity index (χ3v) is 4.38. The molecule has 0 unspecified atom stereocenters. The highest BCUT2D eigenvalue weighted by Gasteiger charge is 2.11. The fourth-order valence-corrected chi connectivity index (χ4v) is 3.05. The first kappa shape index (κ1) is 15.6. The van der Waals surface area contributed by atoms with E-state index in [1.54, 1.807) is 0 Å². The number of hydrogen-bond donors (Lipinski definition) is 1. The predicted octanol–water partition coefficient (Wildman–Crippen LogP) is 5.03. The summed E-state index contributed by atoms with van der Waals surface area (Å²) in [6.45, 7) is 10.7. The molecule has 0 spiro atoms. The van der Waals surface area contributed by atoms with Gasteiger partial charge in [-0.3, -0.25) is 0 Å². The van der Waals surface area contributed by atoms with Crippen molar-refractivity contribution in [2.75, 3.05) is 0 Å². The van der Waals surface area contributed by atoms with Crippen molar-refractivity contribution in [1.29, 1.82) is 0 Å². The van der Waals surface area contributed by atoms with E-state index in [-0.39, 0.29) is 0 Å². The van der Waals surface area contributed by atoms with E-state index >= 15 is 0 Å². The van der Waals surface area contributed by atoms with Gasteiger partial charge in [0.25, 0.3) is 0 Å². The normalized spacial score (nSPS) is 10.9. The number of benzene rings is 2. The Labute approximate surface area is 128 Å². The summed E-state index contributed by atoms with van der Waals surface area (Å²) in [5.41, 5.74) is 8.72. The zero-order chi connectivity index (χ0) is 15.6. The van der Waals surface area contributed by atoms with E-state index in [4.69, 9.17) is 0 Å². The van der Waals surface area contributed by atoms with Crippen LogP contribution in [0, 0.1) is 20.8 Å². The zero-order valence-electron chi connectivity index (χ0n) is 13.9. The summed E-state index contributed by atoms with van der Waals surface area (Å²) in [6, 6.07) is 8.75. The van der Waals surface area contributed by atoms with Crippen LogP contribution in [-0.2, 0) is 19.3 Å². The van der Waals surface area contributed by atoms with E-state index in [0.29, 0.717) is 5.75 Å². The van der Waals surface area contributed by atoms with Crippen molar-refractivity contribution in [3.05, 3.63) is 63.2 Å². The molecule has 0 aromatic heterocycles. The first-order valence-corrected chi connectivity index (χ1v) is 7.86. The maximum atomic E-state index is 10.3. The number of phenols is 1. The Balaban J connectivity index is 2.49.